The highest BCUT2D eigenvalue weighted by atomic mass is 19.1. The number of anilines is 1. The maximum Gasteiger partial charge on any atom is 0.256 e. The van der Waals surface area contributed by atoms with E-state index in [1.807, 2.05) is 4.68 Å². The van der Waals surface area contributed by atoms with Crippen molar-refractivity contribution in [3.63, 3.8) is 0 Å². The molecule has 0 aliphatic carbocycles. The summed E-state index contributed by atoms with van der Waals surface area (Å²) in [6, 6.07) is 7.79. The van der Waals surface area contributed by atoms with E-state index in [4.69, 9.17) is 0 Å². The molecule has 30 heavy (non-hydrogen) atoms. The van der Waals surface area contributed by atoms with Gasteiger partial charge >= 0.3 is 0 Å². The van der Waals surface area contributed by atoms with Gasteiger partial charge in [0.15, 0.2) is 0 Å². The number of hydrogen-bond acceptors (Lipinski definition) is 3. The molecule has 6 heteroatoms. The van der Waals surface area contributed by atoms with Gasteiger partial charge in [0.25, 0.3) is 5.91 Å². The number of nitrogens with one attached hydrogen (secondary N) is 1. The second-order valence-corrected chi connectivity index (χ2v) is 8.62. The average Bonchev–Trinajstić information content (AvgIpc) is 3.16. The number of aromatic nitrogens is 2. The molecule has 2 heterocycles. The zero-order valence-electron chi connectivity index (χ0n) is 18.3. The number of amides is 1. The number of carbonyl (C=O) groups excluding carboxylic acids is 1. The van der Waals surface area contributed by atoms with Crippen LogP contribution in [0.3, 0.4) is 0 Å². The minimum atomic E-state index is -0.418. The molecular weight excluding hydrogens is 379 g/mol. The van der Waals surface area contributed by atoms with Crippen LogP contribution in [-0.4, -0.2) is 40.2 Å². The third-order valence-electron chi connectivity index (χ3n) is 5.68. The van der Waals surface area contributed by atoms with Gasteiger partial charge in [-0.1, -0.05) is 24.6 Å². The van der Waals surface area contributed by atoms with Gasteiger partial charge in [0.1, 0.15) is 11.6 Å². The molecule has 0 bridgehead atoms. The topological polar surface area (TPSA) is 50.2 Å². The van der Waals surface area contributed by atoms with Gasteiger partial charge in [0.2, 0.25) is 0 Å². The number of allylic oxidation sites excluding steroid dienone is 2. The number of carbonyl (C=O) groups is 1. The fourth-order valence-electron chi connectivity index (χ4n) is 4.06. The largest absolute Gasteiger partial charge is 0.307 e. The van der Waals surface area contributed by atoms with Crippen LogP contribution in [0.1, 0.15) is 62.9 Å². The van der Waals surface area contributed by atoms with Crippen LogP contribution in [0.5, 0.6) is 0 Å². The molecule has 3 rings (SSSR count). The molecule has 1 fully saturated rings. The highest BCUT2D eigenvalue weighted by molar-refractivity contribution is 6.03. The lowest BCUT2D eigenvalue weighted by Gasteiger charge is -2.34. The lowest BCUT2D eigenvalue weighted by molar-refractivity contribution is 0.102. The minimum Gasteiger partial charge on any atom is -0.307 e. The van der Waals surface area contributed by atoms with Crippen LogP contribution in [0.4, 0.5) is 10.2 Å². The number of benzene rings is 1. The summed E-state index contributed by atoms with van der Waals surface area (Å²) in [7, 11) is 0. The van der Waals surface area contributed by atoms with Crippen molar-refractivity contribution in [1.29, 1.82) is 0 Å². The van der Waals surface area contributed by atoms with Crippen molar-refractivity contribution in [2.45, 2.75) is 52.5 Å². The first-order valence-electron chi connectivity index (χ1n) is 10.9. The summed E-state index contributed by atoms with van der Waals surface area (Å²) in [6.07, 6.45) is 8.41. The van der Waals surface area contributed by atoms with Crippen molar-refractivity contribution in [2.75, 3.05) is 25.0 Å². The normalized spacial score (nSPS) is 16.3. The van der Waals surface area contributed by atoms with E-state index in [1.165, 1.54) is 30.2 Å². The number of nitrogens with zero attached hydrogens (tertiary/aromatic N) is 3. The van der Waals surface area contributed by atoms with E-state index < -0.39 is 5.82 Å². The molecule has 162 valence electrons. The first-order chi connectivity index (χ1) is 14.4. The smallest absolute Gasteiger partial charge is 0.256 e. The van der Waals surface area contributed by atoms with Crippen LogP contribution in [0.25, 0.3) is 0 Å². The zero-order chi connectivity index (χ0) is 21.5. The summed E-state index contributed by atoms with van der Waals surface area (Å²) in [5.41, 5.74) is 1.70. The minimum absolute atomic E-state index is 0.264. The van der Waals surface area contributed by atoms with Crippen LogP contribution in [0, 0.1) is 11.7 Å². The SMILES string of the molecule is CC(C)=CCC[C@H](C)CN1CCC(n2nccc2NC(=O)c2cccc(F)c2)CC1. The predicted molar refractivity (Wildman–Crippen MR) is 119 cm³/mol. The van der Waals surface area contributed by atoms with Crippen molar-refractivity contribution >= 4 is 11.7 Å². The molecule has 1 aliphatic rings. The summed E-state index contributed by atoms with van der Waals surface area (Å²) in [5, 5.41) is 7.33. The molecule has 1 aromatic heterocycles. The second-order valence-electron chi connectivity index (χ2n) is 8.62. The quantitative estimate of drug-likeness (QED) is 0.599. The molecule has 5 nitrogen and oxygen atoms in total. The molecule has 0 spiro atoms. The van der Waals surface area contributed by atoms with E-state index in [0.29, 0.717) is 17.3 Å². The monoisotopic (exact) mass is 412 g/mol. The van der Waals surface area contributed by atoms with Gasteiger partial charge in [0.05, 0.1) is 12.2 Å². The molecule has 1 saturated heterocycles. The summed E-state index contributed by atoms with van der Waals surface area (Å²) < 4.78 is 15.3. The van der Waals surface area contributed by atoms with Gasteiger partial charge in [-0.15, -0.1) is 0 Å². The Balaban J connectivity index is 1.51. The number of likely N-dealkylation sites (tertiary alicyclic amines) is 1. The van der Waals surface area contributed by atoms with E-state index in [9.17, 15) is 9.18 Å². The molecule has 1 amide bonds. The molecule has 1 aromatic carbocycles. The number of piperidine rings is 1. The Labute approximate surface area is 179 Å². The Kier molecular flexibility index (Phi) is 7.80. The van der Waals surface area contributed by atoms with Crippen molar-refractivity contribution < 1.29 is 9.18 Å². The molecule has 0 unspecified atom stereocenters. The zero-order valence-corrected chi connectivity index (χ0v) is 18.3. The summed E-state index contributed by atoms with van der Waals surface area (Å²) in [6.45, 7) is 9.84. The van der Waals surface area contributed by atoms with Crippen molar-refractivity contribution in [3.8, 4) is 0 Å². The molecule has 2 aromatic rings. The standard InChI is InChI=1S/C24H33FN4O/c1-18(2)6-4-7-19(3)17-28-14-11-22(12-15-28)29-23(10-13-26-29)27-24(30)20-8-5-9-21(25)16-20/h5-6,8-10,13,16,19,22H,4,7,11-12,14-15,17H2,1-3H3,(H,27,30)/t19-/m0/s1. The highest BCUT2D eigenvalue weighted by Gasteiger charge is 2.24. The van der Waals surface area contributed by atoms with Gasteiger partial charge in [-0.3, -0.25) is 4.79 Å². The van der Waals surface area contributed by atoms with Crippen LogP contribution in [0.15, 0.2) is 48.2 Å². The van der Waals surface area contributed by atoms with Gasteiger partial charge in [-0.25, -0.2) is 9.07 Å². The van der Waals surface area contributed by atoms with Crippen LogP contribution in [0.2, 0.25) is 0 Å². The predicted octanol–water partition coefficient (Wildman–Crippen LogP) is 5.29. The Morgan fingerprint density at radius 2 is 2.07 bits per heavy atom. The third-order valence-corrected chi connectivity index (χ3v) is 5.68. The van der Waals surface area contributed by atoms with E-state index in [2.05, 4.69) is 42.2 Å². The van der Waals surface area contributed by atoms with E-state index >= 15 is 0 Å². The first kappa shape index (κ1) is 22.2. The number of hydrogen-bond donors (Lipinski definition) is 1. The van der Waals surface area contributed by atoms with Gasteiger partial charge < -0.3 is 10.2 Å². The average molecular weight is 413 g/mol. The van der Waals surface area contributed by atoms with Crippen LogP contribution >= 0.6 is 0 Å². The van der Waals surface area contributed by atoms with Crippen LogP contribution in [-0.2, 0) is 0 Å². The third kappa shape index (κ3) is 6.26. The van der Waals surface area contributed by atoms with Crippen molar-refractivity contribution in [1.82, 2.24) is 14.7 Å². The first-order valence-corrected chi connectivity index (χ1v) is 10.9. The van der Waals surface area contributed by atoms with Gasteiger partial charge in [0, 0.05) is 31.3 Å². The molecule has 1 atom stereocenters. The molecule has 1 aliphatic heterocycles. The summed E-state index contributed by atoms with van der Waals surface area (Å²) >= 11 is 0. The fourth-order valence-corrected chi connectivity index (χ4v) is 4.06. The maximum absolute atomic E-state index is 13.4. The Morgan fingerprint density at radius 1 is 1.30 bits per heavy atom. The molecule has 0 radical (unpaired) electrons. The fraction of sp³-hybridized carbons (Fsp3) is 0.500. The lowest BCUT2D eigenvalue weighted by Crippen LogP contribution is -2.37. The van der Waals surface area contributed by atoms with Gasteiger partial charge in [-0.05, 0) is 63.6 Å². The van der Waals surface area contributed by atoms with Crippen molar-refractivity contribution in [2.24, 2.45) is 5.92 Å². The summed E-state index contributed by atoms with van der Waals surface area (Å²) in [4.78, 5) is 15.0. The lowest BCUT2D eigenvalue weighted by atomic mass is 10.0. The van der Waals surface area contributed by atoms with E-state index in [-0.39, 0.29) is 11.9 Å². The number of rotatable bonds is 8. The van der Waals surface area contributed by atoms with Crippen molar-refractivity contribution in [3.05, 3.63) is 59.6 Å². The molecule has 1 N–H and O–H groups in total. The Bertz CT molecular complexity index is 864. The van der Waals surface area contributed by atoms with Gasteiger partial charge in [-0.2, -0.15) is 5.10 Å². The van der Waals surface area contributed by atoms with E-state index in [1.54, 1.807) is 18.3 Å². The summed E-state index contributed by atoms with van der Waals surface area (Å²) in [5.74, 6) is 0.609. The molecule has 0 saturated carbocycles. The van der Waals surface area contributed by atoms with Crippen LogP contribution < -0.4 is 5.32 Å². The second kappa shape index (κ2) is 10.5. The molecular formula is C24H33FN4O. The Morgan fingerprint density at radius 3 is 2.77 bits per heavy atom. The maximum atomic E-state index is 13.4. The Hall–Kier alpha value is -2.47. The number of halogens is 1. The highest BCUT2D eigenvalue weighted by Crippen LogP contribution is 2.26. The van der Waals surface area contributed by atoms with E-state index in [0.717, 1.165) is 38.9 Å².